The highest BCUT2D eigenvalue weighted by Crippen LogP contribution is 2.11. The zero-order valence-corrected chi connectivity index (χ0v) is 18.8. The molecular formula is C22H32N2O8. The maximum absolute atomic E-state index is 13.0. The summed E-state index contributed by atoms with van der Waals surface area (Å²) in [6, 6.07) is 7.31. The normalized spacial score (nSPS) is 13.9. The predicted octanol–water partition coefficient (Wildman–Crippen LogP) is 1.40. The number of aliphatic carboxylic acids is 1. The number of benzene rings is 1. The second-order valence-electron chi connectivity index (χ2n) is 8.30. The summed E-state index contributed by atoms with van der Waals surface area (Å²) in [7, 11) is 0. The molecular weight excluding hydrogens is 420 g/mol. The number of aliphatic hydroxyl groups excluding tert-OH is 1. The van der Waals surface area contributed by atoms with Crippen LogP contribution in [0.15, 0.2) is 30.3 Å². The summed E-state index contributed by atoms with van der Waals surface area (Å²) >= 11 is 0. The summed E-state index contributed by atoms with van der Waals surface area (Å²) in [5.41, 5.74) is 0.0626. The molecule has 0 spiro atoms. The number of hydrogen-bond donors (Lipinski definition) is 4. The van der Waals surface area contributed by atoms with E-state index in [2.05, 4.69) is 10.6 Å². The minimum Gasteiger partial charge on any atom is -0.481 e. The Morgan fingerprint density at radius 3 is 2.22 bits per heavy atom. The highest BCUT2D eigenvalue weighted by molar-refractivity contribution is 5.87. The number of carboxylic acids is 1. The number of carbonyl (C=O) groups excluding carboxylic acids is 3. The second-order valence-corrected chi connectivity index (χ2v) is 8.30. The molecule has 4 N–H and O–H groups in total. The number of alkyl carbamates (subject to hydrolysis) is 1. The summed E-state index contributed by atoms with van der Waals surface area (Å²) in [5, 5.41) is 23.1. The van der Waals surface area contributed by atoms with Crippen molar-refractivity contribution in [1.82, 2.24) is 10.6 Å². The van der Waals surface area contributed by atoms with E-state index in [1.807, 2.05) is 30.3 Å². The number of esters is 1. The molecule has 32 heavy (non-hydrogen) atoms. The molecule has 0 bridgehead atoms. The smallest absolute Gasteiger partial charge is 0.408 e. The van der Waals surface area contributed by atoms with Crippen LogP contribution in [0.25, 0.3) is 0 Å². The van der Waals surface area contributed by atoms with Gasteiger partial charge in [-0.1, -0.05) is 30.3 Å². The third-order valence-electron chi connectivity index (χ3n) is 4.25. The number of carbonyl (C=O) groups is 4. The molecule has 1 aromatic carbocycles. The Kier molecular flexibility index (Phi) is 10.6. The first-order valence-electron chi connectivity index (χ1n) is 10.3. The van der Waals surface area contributed by atoms with Gasteiger partial charge in [-0.2, -0.15) is 0 Å². The molecule has 0 aliphatic carbocycles. The van der Waals surface area contributed by atoms with Crippen molar-refractivity contribution in [3.63, 3.8) is 0 Å². The van der Waals surface area contributed by atoms with Gasteiger partial charge in [0.2, 0.25) is 5.91 Å². The van der Waals surface area contributed by atoms with Gasteiger partial charge in [0.05, 0.1) is 0 Å². The maximum Gasteiger partial charge on any atom is 0.408 e. The molecule has 0 saturated carbocycles. The van der Waals surface area contributed by atoms with Gasteiger partial charge in [-0.25, -0.2) is 9.59 Å². The molecule has 0 aliphatic rings. The van der Waals surface area contributed by atoms with Crippen LogP contribution in [0.4, 0.5) is 4.79 Å². The van der Waals surface area contributed by atoms with Gasteiger partial charge in [-0.15, -0.1) is 0 Å². The Morgan fingerprint density at radius 2 is 1.69 bits per heavy atom. The molecule has 0 aromatic heterocycles. The Hall–Kier alpha value is -3.14. The van der Waals surface area contributed by atoms with Crippen LogP contribution in [-0.4, -0.2) is 64.5 Å². The number of rotatable bonds is 11. The Bertz CT molecular complexity index is 776. The number of aliphatic hydroxyl groups is 1. The van der Waals surface area contributed by atoms with Crippen LogP contribution in [0.1, 0.15) is 46.1 Å². The standard InChI is InChI=1S/C22H32N2O8/c1-14(31-18(28)13-25)19(24-21(30)32-22(2,3)4)20(29)23-16(10-11-17(26)27)12-15-8-6-5-7-9-15/h5-9,14,16,19,25H,10-13H2,1-4H3,(H,23,29)(H,24,30)(H,26,27)/t14-,16?,19+/m1/s1. The number of nitrogens with one attached hydrogen (secondary N) is 2. The molecule has 0 aliphatic heterocycles. The zero-order chi connectivity index (χ0) is 24.3. The molecule has 1 aromatic rings. The molecule has 178 valence electrons. The van der Waals surface area contributed by atoms with Crippen LogP contribution >= 0.6 is 0 Å². The summed E-state index contributed by atoms with van der Waals surface area (Å²) in [5.74, 6) is -2.65. The highest BCUT2D eigenvalue weighted by atomic mass is 16.6. The van der Waals surface area contributed by atoms with Crippen molar-refractivity contribution < 1.29 is 38.9 Å². The van der Waals surface area contributed by atoms with E-state index in [-0.39, 0.29) is 12.8 Å². The van der Waals surface area contributed by atoms with E-state index in [4.69, 9.17) is 19.7 Å². The van der Waals surface area contributed by atoms with E-state index in [0.717, 1.165) is 5.56 Å². The third-order valence-corrected chi connectivity index (χ3v) is 4.25. The number of carboxylic acid groups (broad SMARTS) is 1. The van der Waals surface area contributed by atoms with Gasteiger partial charge in [-0.05, 0) is 46.1 Å². The monoisotopic (exact) mass is 452 g/mol. The van der Waals surface area contributed by atoms with E-state index in [9.17, 15) is 19.2 Å². The Morgan fingerprint density at radius 1 is 1.06 bits per heavy atom. The zero-order valence-electron chi connectivity index (χ0n) is 18.8. The van der Waals surface area contributed by atoms with Gasteiger partial charge in [0.25, 0.3) is 0 Å². The third kappa shape index (κ3) is 10.8. The van der Waals surface area contributed by atoms with Crippen molar-refractivity contribution in [2.45, 2.75) is 70.7 Å². The molecule has 3 atom stereocenters. The van der Waals surface area contributed by atoms with Gasteiger partial charge < -0.3 is 30.3 Å². The quantitative estimate of drug-likeness (QED) is 0.368. The lowest BCUT2D eigenvalue weighted by molar-refractivity contribution is -0.154. The van der Waals surface area contributed by atoms with E-state index >= 15 is 0 Å². The van der Waals surface area contributed by atoms with E-state index in [1.165, 1.54) is 6.92 Å². The van der Waals surface area contributed by atoms with Crippen molar-refractivity contribution in [3.8, 4) is 0 Å². The Balaban J connectivity index is 3.01. The lowest BCUT2D eigenvalue weighted by atomic mass is 10.0. The average Bonchev–Trinajstić information content (AvgIpc) is 2.69. The van der Waals surface area contributed by atoms with Gasteiger partial charge in [-0.3, -0.25) is 9.59 Å². The van der Waals surface area contributed by atoms with E-state index in [0.29, 0.717) is 6.42 Å². The van der Waals surface area contributed by atoms with Crippen molar-refractivity contribution in [1.29, 1.82) is 0 Å². The molecule has 1 unspecified atom stereocenters. The molecule has 0 heterocycles. The highest BCUT2D eigenvalue weighted by Gasteiger charge is 2.32. The van der Waals surface area contributed by atoms with Crippen molar-refractivity contribution >= 4 is 23.9 Å². The first-order valence-corrected chi connectivity index (χ1v) is 10.3. The molecule has 1 rings (SSSR count). The van der Waals surface area contributed by atoms with Crippen LogP contribution in [0, 0.1) is 0 Å². The predicted molar refractivity (Wildman–Crippen MR) is 115 cm³/mol. The molecule has 10 nitrogen and oxygen atoms in total. The Labute approximate surface area is 187 Å². The number of ether oxygens (including phenoxy) is 2. The van der Waals surface area contributed by atoms with Gasteiger partial charge >= 0.3 is 18.0 Å². The minimum absolute atomic E-state index is 0.153. The summed E-state index contributed by atoms with van der Waals surface area (Å²) < 4.78 is 10.2. The topological polar surface area (TPSA) is 151 Å². The minimum atomic E-state index is -1.33. The second kappa shape index (κ2) is 12.7. The number of amides is 2. The fourth-order valence-electron chi connectivity index (χ4n) is 2.86. The summed E-state index contributed by atoms with van der Waals surface area (Å²) in [4.78, 5) is 47.8. The molecule has 10 heteroatoms. The van der Waals surface area contributed by atoms with Crippen molar-refractivity contribution in [3.05, 3.63) is 35.9 Å². The first kappa shape index (κ1) is 26.9. The van der Waals surface area contributed by atoms with E-state index < -0.39 is 54.3 Å². The summed E-state index contributed by atoms with van der Waals surface area (Å²) in [6.07, 6.45) is -1.67. The van der Waals surface area contributed by atoms with Gasteiger partial charge in [0.15, 0.2) is 0 Å². The summed E-state index contributed by atoms with van der Waals surface area (Å²) in [6.45, 7) is 5.45. The van der Waals surface area contributed by atoms with Crippen LogP contribution in [0.3, 0.4) is 0 Å². The molecule has 0 saturated heterocycles. The first-order chi connectivity index (χ1) is 14.9. The van der Waals surface area contributed by atoms with Crippen LogP contribution in [-0.2, 0) is 30.3 Å². The fraction of sp³-hybridized carbons (Fsp3) is 0.545. The number of hydrogen-bond acceptors (Lipinski definition) is 7. The molecule has 0 fully saturated rings. The lowest BCUT2D eigenvalue weighted by Gasteiger charge is -2.28. The van der Waals surface area contributed by atoms with Gasteiger partial charge in [0.1, 0.15) is 24.4 Å². The lowest BCUT2D eigenvalue weighted by Crippen LogP contribution is -2.56. The molecule has 0 radical (unpaired) electrons. The van der Waals surface area contributed by atoms with Crippen LogP contribution in [0.5, 0.6) is 0 Å². The van der Waals surface area contributed by atoms with Crippen LogP contribution in [0.2, 0.25) is 0 Å². The van der Waals surface area contributed by atoms with Crippen molar-refractivity contribution in [2.24, 2.45) is 0 Å². The largest absolute Gasteiger partial charge is 0.481 e. The SMILES string of the molecule is C[C@@H](OC(=O)CO)[C@H](NC(=O)OC(C)(C)C)C(=O)NC(CCC(=O)O)Cc1ccccc1. The average molecular weight is 453 g/mol. The fourth-order valence-corrected chi connectivity index (χ4v) is 2.86. The van der Waals surface area contributed by atoms with Crippen molar-refractivity contribution in [2.75, 3.05) is 6.61 Å². The van der Waals surface area contributed by atoms with Crippen LogP contribution < -0.4 is 10.6 Å². The van der Waals surface area contributed by atoms with Gasteiger partial charge in [0, 0.05) is 12.5 Å². The maximum atomic E-state index is 13.0. The van der Waals surface area contributed by atoms with E-state index in [1.54, 1.807) is 20.8 Å². The molecule has 2 amide bonds.